The first-order valence-electron chi connectivity index (χ1n) is 15.6. The van der Waals surface area contributed by atoms with Crippen LogP contribution in [0.15, 0.2) is 72.8 Å². The maximum atomic E-state index is 13.4. The number of hydrogen-bond donors (Lipinski definition) is 1. The summed E-state index contributed by atoms with van der Waals surface area (Å²) >= 11 is 6.46. The minimum absolute atomic E-state index is 0.0127. The third-order valence-electron chi connectivity index (χ3n) is 8.78. The van der Waals surface area contributed by atoms with Crippen molar-refractivity contribution in [3.63, 3.8) is 0 Å². The zero-order chi connectivity index (χ0) is 31.9. The van der Waals surface area contributed by atoms with E-state index in [4.69, 9.17) is 26.2 Å². The first-order chi connectivity index (χ1) is 21.0. The standard InChI is InChI=1S/C37H46ClN3O3/c1-8-36(3,4)26-16-21-34(30(24-26)37(5,6)9-2)44-23-13-12-22-39-35(42)33-25-32(29-14-10-11-15-31(29)38)40-41(33)27-17-19-28(43-7)20-18-27/h10-11,14-21,24-25H,8-9,12-13,22-23H2,1-7H3,(H,39,42). The van der Waals surface area contributed by atoms with Gasteiger partial charge in [-0.3, -0.25) is 4.79 Å². The number of benzene rings is 3. The summed E-state index contributed by atoms with van der Waals surface area (Å²) in [6, 6.07) is 23.4. The van der Waals surface area contributed by atoms with Crippen molar-refractivity contribution >= 4 is 17.5 Å². The van der Waals surface area contributed by atoms with Crippen LogP contribution in [0.4, 0.5) is 0 Å². The monoisotopic (exact) mass is 615 g/mol. The molecule has 0 atom stereocenters. The van der Waals surface area contributed by atoms with Crippen LogP contribution in [-0.2, 0) is 10.8 Å². The second-order valence-electron chi connectivity index (χ2n) is 12.5. The molecule has 1 N–H and O–H groups in total. The highest BCUT2D eigenvalue weighted by Crippen LogP contribution is 2.38. The molecule has 44 heavy (non-hydrogen) atoms. The van der Waals surface area contributed by atoms with Gasteiger partial charge in [-0.15, -0.1) is 0 Å². The number of carbonyl (C=O) groups is 1. The fourth-order valence-electron chi connectivity index (χ4n) is 4.97. The lowest BCUT2D eigenvalue weighted by Gasteiger charge is -2.30. The van der Waals surface area contributed by atoms with E-state index in [9.17, 15) is 4.79 Å². The Hall–Kier alpha value is -3.77. The molecular formula is C37H46ClN3O3. The highest BCUT2D eigenvalue weighted by Gasteiger charge is 2.26. The van der Waals surface area contributed by atoms with Crippen LogP contribution >= 0.6 is 11.6 Å². The first-order valence-corrected chi connectivity index (χ1v) is 15.9. The molecule has 0 spiro atoms. The lowest BCUT2D eigenvalue weighted by molar-refractivity contribution is 0.0944. The summed E-state index contributed by atoms with van der Waals surface area (Å²) in [5, 5.41) is 8.40. The van der Waals surface area contributed by atoms with Crippen LogP contribution in [-0.4, -0.2) is 35.9 Å². The molecule has 1 amide bonds. The summed E-state index contributed by atoms with van der Waals surface area (Å²) in [7, 11) is 1.62. The molecular weight excluding hydrogens is 570 g/mol. The summed E-state index contributed by atoms with van der Waals surface area (Å²) in [5.41, 5.74) is 5.32. The van der Waals surface area contributed by atoms with E-state index >= 15 is 0 Å². The molecule has 0 saturated carbocycles. The second-order valence-corrected chi connectivity index (χ2v) is 12.9. The van der Waals surface area contributed by atoms with E-state index in [0.29, 0.717) is 29.6 Å². The van der Waals surface area contributed by atoms with Crippen molar-refractivity contribution in [3.05, 3.63) is 94.6 Å². The highest BCUT2D eigenvalue weighted by atomic mass is 35.5. The third kappa shape index (κ3) is 7.65. The van der Waals surface area contributed by atoms with Crippen LogP contribution in [0.1, 0.15) is 88.8 Å². The Bertz CT molecular complexity index is 1560. The average molecular weight is 616 g/mol. The predicted molar refractivity (Wildman–Crippen MR) is 181 cm³/mol. The number of methoxy groups -OCH3 is 1. The summed E-state index contributed by atoms with van der Waals surface area (Å²) in [6.07, 6.45) is 3.70. The maximum Gasteiger partial charge on any atom is 0.270 e. The Balaban J connectivity index is 1.41. The second kappa shape index (κ2) is 14.3. The smallest absolute Gasteiger partial charge is 0.270 e. The molecule has 234 valence electrons. The van der Waals surface area contributed by atoms with Gasteiger partial charge in [-0.25, -0.2) is 4.68 Å². The number of nitrogens with zero attached hydrogens (tertiary/aromatic N) is 2. The summed E-state index contributed by atoms with van der Waals surface area (Å²) in [5.74, 6) is 1.48. The molecule has 0 fully saturated rings. The molecule has 0 bridgehead atoms. The van der Waals surface area contributed by atoms with Crippen LogP contribution in [0, 0.1) is 0 Å². The van der Waals surface area contributed by atoms with Gasteiger partial charge in [-0.2, -0.15) is 5.10 Å². The summed E-state index contributed by atoms with van der Waals surface area (Å²) in [4.78, 5) is 13.4. The Morgan fingerprint density at radius 2 is 1.61 bits per heavy atom. The largest absolute Gasteiger partial charge is 0.497 e. The maximum absolute atomic E-state index is 13.4. The number of unbranched alkanes of at least 4 members (excludes halogenated alkanes) is 1. The van der Waals surface area contributed by atoms with E-state index in [0.717, 1.165) is 48.4 Å². The number of carbonyl (C=O) groups excluding carboxylic acids is 1. The van der Waals surface area contributed by atoms with Crippen molar-refractivity contribution < 1.29 is 14.3 Å². The summed E-state index contributed by atoms with van der Waals surface area (Å²) in [6.45, 7) is 14.7. The van der Waals surface area contributed by atoms with E-state index in [1.54, 1.807) is 17.9 Å². The minimum atomic E-state index is -0.200. The number of nitrogens with one attached hydrogen (secondary N) is 1. The molecule has 4 aromatic rings. The summed E-state index contributed by atoms with van der Waals surface area (Å²) < 4.78 is 13.3. The van der Waals surface area contributed by atoms with Gasteiger partial charge in [-0.1, -0.05) is 83.5 Å². The topological polar surface area (TPSA) is 65.4 Å². The van der Waals surface area contributed by atoms with Gasteiger partial charge in [-0.05, 0) is 84.5 Å². The number of hydrogen-bond acceptors (Lipinski definition) is 4. The van der Waals surface area contributed by atoms with Gasteiger partial charge < -0.3 is 14.8 Å². The van der Waals surface area contributed by atoms with Gasteiger partial charge in [0, 0.05) is 17.7 Å². The first kappa shape index (κ1) is 33.1. The van der Waals surface area contributed by atoms with Crippen molar-refractivity contribution in [1.82, 2.24) is 15.1 Å². The molecule has 0 radical (unpaired) electrons. The number of amides is 1. The van der Waals surface area contributed by atoms with Crippen molar-refractivity contribution in [3.8, 4) is 28.4 Å². The molecule has 0 aliphatic carbocycles. The molecule has 1 aromatic heterocycles. The van der Waals surface area contributed by atoms with Gasteiger partial charge in [0.25, 0.3) is 5.91 Å². The Morgan fingerprint density at radius 3 is 2.27 bits per heavy atom. The molecule has 7 heteroatoms. The van der Waals surface area contributed by atoms with Gasteiger partial charge >= 0.3 is 0 Å². The van der Waals surface area contributed by atoms with Gasteiger partial charge in [0.1, 0.15) is 17.2 Å². The number of rotatable bonds is 14. The van der Waals surface area contributed by atoms with Crippen LogP contribution < -0.4 is 14.8 Å². The van der Waals surface area contributed by atoms with Crippen molar-refractivity contribution in [1.29, 1.82) is 0 Å². The zero-order valence-electron chi connectivity index (χ0n) is 27.2. The fourth-order valence-corrected chi connectivity index (χ4v) is 5.20. The van der Waals surface area contributed by atoms with E-state index < -0.39 is 0 Å². The van der Waals surface area contributed by atoms with Gasteiger partial charge in [0.2, 0.25) is 0 Å². The molecule has 1 heterocycles. The van der Waals surface area contributed by atoms with E-state index in [1.807, 2.05) is 48.5 Å². The Morgan fingerprint density at radius 1 is 0.909 bits per heavy atom. The van der Waals surface area contributed by atoms with E-state index in [-0.39, 0.29) is 16.7 Å². The van der Waals surface area contributed by atoms with Crippen molar-refractivity contribution in [2.45, 2.75) is 78.1 Å². The number of aromatic nitrogens is 2. The molecule has 4 rings (SSSR count). The third-order valence-corrected chi connectivity index (χ3v) is 9.11. The molecule has 0 aliphatic heterocycles. The number of halogens is 1. The molecule has 0 unspecified atom stereocenters. The Labute approximate surface area is 267 Å². The van der Waals surface area contributed by atoms with E-state index in [1.165, 1.54) is 11.1 Å². The van der Waals surface area contributed by atoms with Crippen molar-refractivity contribution in [2.24, 2.45) is 0 Å². The SMILES string of the molecule is CCC(C)(C)c1ccc(OCCCCNC(=O)c2cc(-c3ccccc3Cl)nn2-c2ccc(OC)cc2)c(C(C)(C)CC)c1. The van der Waals surface area contributed by atoms with Crippen LogP contribution in [0.3, 0.4) is 0 Å². The van der Waals surface area contributed by atoms with Crippen LogP contribution in [0.2, 0.25) is 5.02 Å². The molecule has 3 aromatic carbocycles. The zero-order valence-corrected chi connectivity index (χ0v) is 27.9. The predicted octanol–water partition coefficient (Wildman–Crippen LogP) is 9.17. The molecule has 0 saturated heterocycles. The van der Waals surface area contributed by atoms with Crippen molar-refractivity contribution in [2.75, 3.05) is 20.3 Å². The minimum Gasteiger partial charge on any atom is -0.497 e. The van der Waals surface area contributed by atoms with Crippen LogP contribution in [0.25, 0.3) is 16.9 Å². The lowest BCUT2D eigenvalue weighted by Crippen LogP contribution is -2.27. The number of ether oxygens (including phenoxy) is 2. The molecule has 0 aliphatic rings. The molecule has 6 nitrogen and oxygen atoms in total. The highest BCUT2D eigenvalue weighted by molar-refractivity contribution is 6.33. The Kier molecular flexibility index (Phi) is 10.8. The lowest BCUT2D eigenvalue weighted by atomic mass is 9.76. The average Bonchev–Trinajstić information content (AvgIpc) is 3.48. The van der Waals surface area contributed by atoms with Gasteiger partial charge in [0.15, 0.2) is 0 Å². The quantitative estimate of drug-likeness (QED) is 0.144. The normalized spacial score (nSPS) is 11.8. The van der Waals surface area contributed by atoms with E-state index in [2.05, 4.69) is 65.1 Å². The van der Waals surface area contributed by atoms with Crippen LogP contribution in [0.5, 0.6) is 11.5 Å². The fraction of sp³-hybridized carbons (Fsp3) is 0.405. The van der Waals surface area contributed by atoms with Gasteiger partial charge in [0.05, 0.1) is 30.1 Å².